The monoisotopic (exact) mass is 266 g/mol. The zero-order valence-corrected chi connectivity index (χ0v) is 11.6. The van der Waals surface area contributed by atoms with E-state index in [9.17, 15) is 4.79 Å². The first-order valence-electron chi connectivity index (χ1n) is 6.57. The Balaban J connectivity index is 1.96. The summed E-state index contributed by atoms with van der Waals surface area (Å²) in [6, 6.07) is 17.8. The van der Waals surface area contributed by atoms with Gasteiger partial charge in [0.1, 0.15) is 0 Å². The summed E-state index contributed by atoms with van der Waals surface area (Å²) in [6.45, 7) is 4.13. The number of rotatable bonds is 5. The highest BCUT2D eigenvalue weighted by Gasteiger charge is 2.05. The van der Waals surface area contributed by atoms with Crippen molar-refractivity contribution in [3.63, 3.8) is 0 Å². The van der Waals surface area contributed by atoms with Crippen molar-refractivity contribution in [1.82, 2.24) is 0 Å². The summed E-state index contributed by atoms with van der Waals surface area (Å²) in [7, 11) is 1.39. The Morgan fingerprint density at radius 3 is 2.05 bits per heavy atom. The Hall–Kier alpha value is -2.35. The lowest BCUT2D eigenvalue weighted by Gasteiger charge is -2.07. The van der Waals surface area contributed by atoms with E-state index in [0.29, 0.717) is 5.56 Å². The first-order valence-corrected chi connectivity index (χ1v) is 6.57. The fourth-order valence-corrected chi connectivity index (χ4v) is 2.11. The smallest absolute Gasteiger partial charge is 0.337 e. The van der Waals surface area contributed by atoms with Gasteiger partial charge in [-0.05, 0) is 36.1 Å². The average Bonchev–Trinajstić information content (AvgIpc) is 2.48. The van der Waals surface area contributed by atoms with Crippen LogP contribution in [-0.2, 0) is 17.6 Å². The van der Waals surface area contributed by atoms with Crippen molar-refractivity contribution in [2.75, 3.05) is 7.11 Å². The zero-order chi connectivity index (χ0) is 14.4. The van der Waals surface area contributed by atoms with E-state index in [1.165, 1.54) is 12.7 Å². The van der Waals surface area contributed by atoms with Crippen LogP contribution < -0.4 is 0 Å². The highest BCUT2D eigenvalue weighted by atomic mass is 16.5. The Bertz CT molecular complexity index is 583. The van der Waals surface area contributed by atoms with Crippen LogP contribution in [0.25, 0.3) is 0 Å². The summed E-state index contributed by atoms with van der Waals surface area (Å²) in [5.74, 6) is -0.306. The minimum Gasteiger partial charge on any atom is -0.465 e. The Morgan fingerprint density at radius 1 is 0.950 bits per heavy atom. The molecule has 0 aliphatic carbocycles. The summed E-state index contributed by atoms with van der Waals surface area (Å²) >= 11 is 0. The van der Waals surface area contributed by atoms with Gasteiger partial charge in [-0.25, -0.2) is 4.79 Å². The third kappa shape index (κ3) is 3.82. The van der Waals surface area contributed by atoms with E-state index in [1.54, 1.807) is 12.1 Å². The van der Waals surface area contributed by atoms with E-state index < -0.39 is 0 Å². The van der Waals surface area contributed by atoms with Crippen LogP contribution in [0.1, 0.15) is 21.5 Å². The second kappa shape index (κ2) is 6.71. The third-order valence-corrected chi connectivity index (χ3v) is 3.13. The molecule has 0 saturated heterocycles. The molecular formula is C18H18O2. The Kier molecular flexibility index (Phi) is 4.72. The maximum atomic E-state index is 11.3. The third-order valence-electron chi connectivity index (χ3n) is 3.13. The van der Waals surface area contributed by atoms with E-state index in [0.717, 1.165) is 24.0 Å². The van der Waals surface area contributed by atoms with Gasteiger partial charge in [-0.3, -0.25) is 0 Å². The second-order valence-corrected chi connectivity index (χ2v) is 4.78. The summed E-state index contributed by atoms with van der Waals surface area (Å²) in [5.41, 5.74) is 4.15. The Morgan fingerprint density at radius 2 is 1.50 bits per heavy atom. The highest BCUT2D eigenvalue weighted by Crippen LogP contribution is 2.13. The van der Waals surface area contributed by atoms with E-state index in [1.807, 2.05) is 30.3 Å². The quantitative estimate of drug-likeness (QED) is 0.607. The molecule has 0 N–H and O–H groups in total. The molecule has 102 valence electrons. The van der Waals surface area contributed by atoms with Crippen LogP contribution in [-0.4, -0.2) is 13.1 Å². The maximum absolute atomic E-state index is 11.3. The van der Waals surface area contributed by atoms with Gasteiger partial charge in [0, 0.05) is 0 Å². The van der Waals surface area contributed by atoms with Gasteiger partial charge in [-0.2, -0.15) is 0 Å². The van der Waals surface area contributed by atoms with Crippen LogP contribution in [0, 0.1) is 0 Å². The lowest BCUT2D eigenvalue weighted by molar-refractivity contribution is 0.0600. The Labute approximate surface area is 119 Å². The van der Waals surface area contributed by atoms with Crippen LogP contribution in [0.15, 0.2) is 66.7 Å². The zero-order valence-electron chi connectivity index (χ0n) is 11.6. The minimum atomic E-state index is -0.306. The van der Waals surface area contributed by atoms with E-state index in [-0.39, 0.29) is 5.97 Å². The predicted octanol–water partition coefficient (Wildman–Crippen LogP) is 3.81. The molecule has 0 radical (unpaired) electrons. The van der Waals surface area contributed by atoms with E-state index in [2.05, 4.69) is 23.4 Å². The maximum Gasteiger partial charge on any atom is 0.337 e. The van der Waals surface area contributed by atoms with Crippen molar-refractivity contribution in [3.05, 3.63) is 83.4 Å². The van der Waals surface area contributed by atoms with Gasteiger partial charge in [-0.15, -0.1) is 0 Å². The molecule has 0 amide bonds. The summed E-state index contributed by atoms with van der Waals surface area (Å²) in [6.07, 6.45) is 1.69. The topological polar surface area (TPSA) is 26.3 Å². The number of methoxy groups -OCH3 is 1. The summed E-state index contributed by atoms with van der Waals surface area (Å²) in [5, 5.41) is 0. The van der Waals surface area contributed by atoms with Crippen LogP contribution in [0.2, 0.25) is 0 Å². The average molecular weight is 266 g/mol. The van der Waals surface area contributed by atoms with Crippen molar-refractivity contribution >= 4 is 5.97 Å². The minimum absolute atomic E-state index is 0.306. The predicted molar refractivity (Wildman–Crippen MR) is 80.8 cm³/mol. The van der Waals surface area contributed by atoms with E-state index in [4.69, 9.17) is 0 Å². The lowest BCUT2D eigenvalue weighted by Crippen LogP contribution is -2.01. The van der Waals surface area contributed by atoms with Crippen molar-refractivity contribution in [2.24, 2.45) is 0 Å². The molecule has 0 aromatic heterocycles. The molecule has 2 rings (SSSR count). The highest BCUT2D eigenvalue weighted by molar-refractivity contribution is 5.89. The van der Waals surface area contributed by atoms with Crippen LogP contribution in [0.3, 0.4) is 0 Å². The summed E-state index contributed by atoms with van der Waals surface area (Å²) in [4.78, 5) is 11.3. The molecule has 0 atom stereocenters. The molecule has 2 heteroatoms. The molecule has 0 spiro atoms. The number of ether oxygens (including phenoxy) is 1. The SMILES string of the molecule is C=C(Cc1ccccc1)Cc1ccc(C(=O)OC)cc1. The number of carbonyl (C=O) groups excluding carboxylic acids is 1. The normalized spacial score (nSPS) is 10.1. The molecule has 2 aromatic carbocycles. The number of hydrogen-bond donors (Lipinski definition) is 0. The van der Waals surface area contributed by atoms with Crippen LogP contribution >= 0.6 is 0 Å². The first-order chi connectivity index (χ1) is 9.69. The second-order valence-electron chi connectivity index (χ2n) is 4.78. The van der Waals surface area contributed by atoms with Gasteiger partial charge in [-0.1, -0.05) is 54.6 Å². The number of hydrogen-bond acceptors (Lipinski definition) is 2. The van der Waals surface area contributed by atoms with Crippen molar-refractivity contribution in [2.45, 2.75) is 12.8 Å². The van der Waals surface area contributed by atoms with Gasteiger partial charge in [0.15, 0.2) is 0 Å². The molecule has 0 saturated carbocycles. The van der Waals surface area contributed by atoms with Crippen molar-refractivity contribution in [3.8, 4) is 0 Å². The molecule has 0 fully saturated rings. The molecule has 0 heterocycles. The first kappa shape index (κ1) is 14.1. The molecular weight excluding hydrogens is 248 g/mol. The van der Waals surface area contributed by atoms with Crippen LogP contribution in [0.4, 0.5) is 0 Å². The number of benzene rings is 2. The van der Waals surface area contributed by atoms with Gasteiger partial charge in [0.05, 0.1) is 12.7 Å². The summed E-state index contributed by atoms with van der Waals surface area (Å²) < 4.78 is 4.68. The number of esters is 1. The van der Waals surface area contributed by atoms with Gasteiger partial charge < -0.3 is 4.74 Å². The molecule has 0 aliphatic rings. The van der Waals surface area contributed by atoms with Crippen molar-refractivity contribution in [1.29, 1.82) is 0 Å². The van der Waals surface area contributed by atoms with Crippen molar-refractivity contribution < 1.29 is 9.53 Å². The number of allylic oxidation sites excluding steroid dienone is 1. The molecule has 0 bridgehead atoms. The molecule has 0 aliphatic heterocycles. The largest absolute Gasteiger partial charge is 0.465 e. The van der Waals surface area contributed by atoms with Gasteiger partial charge in [0.25, 0.3) is 0 Å². The molecule has 2 nitrogen and oxygen atoms in total. The molecule has 20 heavy (non-hydrogen) atoms. The van der Waals surface area contributed by atoms with E-state index >= 15 is 0 Å². The lowest BCUT2D eigenvalue weighted by atomic mass is 9.99. The number of carbonyl (C=O) groups is 1. The standard InChI is InChI=1S/C18H18O2/c1-14(12-15-6-4-3-5-7-15)13-16-8-10-17(11-9-16)18(19)20-2/h3-11H,1,12-13H2,2H3. The van der Waals surface area contributed by atoms with Crippen LogP contribution in [0.5, 0.6) is 0 Å². The molecule has 2 aromatic rings. The van der Waals surface area contributed by atoms with Gasteiger partial charge >= 0.3 is 5.97 Å². The fraction of sp³-hybridized carbons (Fsp3) is 0.167. The molecule has 0 unspecified atom stereocenters. The fourth-order valence-electron chi connectivity index (χ4n) is 2.11. The van der Waals surface area contributed by atoms with Gasteiger partial charge in [0.2, 0.25) is 0 Å².